The molecular weight excluding hydrogens is 132 g/mol. The zero-order valence-electron chi connectivity index (χ0n) is 5.97. The molecule has 0 radical (unpaired) electrons. The molecule has 10 heavy (non-hydrogen) atoms. The normalized spacial score (nSPS) is 15.7. The van der Waals surface area contributed by atoms with E-state index in [1.165, 1.54) is 25.9 Å². The van der Waals surface area contributed by atoms with E-state index < -0.39 is 5.97 Å². The van der Waals surface area contributed by atoms with Crippen LogP contribution in [0.4, 0.5) is 0 Å². The van der Waals surface area contributed by atoms with E-state index in [0.717, 1.165) is 0 Å². The van der Waals surface area contributed by atoms with Crippen molar-refractivity contribution in [3.8, 4) is 0 Å². The van der Waals surface area contributed by atoms with E-state index in [0.29, 0.717) is 0 Å². The highest BCUT2D eigenvalue weighted by Gasteiger charge is 1.93. The minimum Gasteiger partial charge on any atom is -0.480 e. The van der Waals surface area contributed by atoms with Gasteiger partial charge in [-0.3, -0.25) is 4.79 Å². The van der Waals surface area contributed by atoms with Gasteiger partial charge in [0.25, 0.3) is 0 Å². The third kappa shape index (κ3) is 7.39. The number of nitrogens with two attached hydrogens (primary N) is 1. The van der Waals surface area contributed by atoms with Crippen LogP contribution in [-0.2, 0) is 4.79 Å². The van der Waals surface area contributed by atoms with Crippen molar-refractivity contribution in [2.45, 2.75) is 12.8 Å². The molecule has 0 atom stereocenters. The summed E-state index contributed by atoms with van der Waals surface area (Å²) in [6, 6.07) is 0. The molecule has 4 nitrogen and oxygen atoms in total. The minimum atomic E-state index is -0.968. The van der Waals surface area contributed by atoms with Gasteiger partial charge in [-0.15, -0.1) is 0 Å². The van der Waals surface area contributed by atoms with E-state index >= 15 is 0 Å². The fourth-order valence-electron chi connectivity index (χ4n) is 0.625. The number of hydrogen-bond donors (Lipinski definition) is 3. The average molecular weight is 146 g/mol. The lowest BCUT2D eigenvalue weighted by molar-refractivity contribution is -0.135. The summed E-state index contributed by atoms with van der Waals surface area (Å²) in [5.41, 5.74) is 4.57. The molecule has 4 N–H and O–H groups in total. The second kappa shape index (κ2) is 6.51. The van der Waals surface area contributed by atoms with Gasteiger partial charge in [0.05, 0.1) is 6.54 Å². The summed E-state index contributed by atoms with van der Waals surface area (Å²) in [6.45, 7) is 2.22. The number of nitrogens with one attached hydrogen (secondary N) is 1. The van der Waals surface area contributed by atoms with E-state index in [9.17, 15) is 4.79 Å². The maximum Gasteiger partial charge on any atom is 0.317 e. The van der Waals surface area contributed by atoms with Gasteiger partial charge in [-0.05, 0) is 25.9 Å². The van der Waals surface area contributed by atoms with Gasteiger partial charge in [0.1, 0.15) is 0 Å². The standard InChI is InChI=1S/C4H9N.C2H5NO2/c1-2-4-5-3-1;3-1-2(4)5/h5H,1-4H2;1,3H2,(H,4,5). The molecule has 4 heteroatoms. The fourth-order valence-corrected chi connectivity index (χ4v) is 0.625. The Bertz CT molecular complexity index is 84.1. The Morgan fingerprint density at radius 2 is 1.90 bits per heavy atom. The lowest BCUT2D eigenvalue weighted by Gasteiger charge is -1.76. The first-order valence-electron chi connectivity index (χ1n) is 3.40. The van der Waals surface area contributed by atoms with Gasteiger partial charge in [-0.1, -0.05) is 0 Å². The summed E-state index contributed by atoms with van der Waals surface area (Å²) in [6.07, 6.45) is 2.78. The minimum absolute atomic E-state index is 0.278. The maximum atomic E-state index is 9.24. The van der Waals surface area contributed by atoms with Gasteiger partial charge >= 0.3 is 5.97 Å². The van der Waals surface area contributed by atoms with Crippen LogP contribution >= 0.6 is 0 Å². The number of aliphatic carboxylic acids is 1. The predicted octanol–water partition coefficient (Wildman–Crippen LogP) is -0.600. The maximum absolute atomic E-state index is 9.24. The fraction of sp³-hybridized carbons (Fsp3) is 0.833. The molecule has 0 amide bonds. The van der Waals surface area contributed by atoms with Crippen molar-refractivity contribution < 1.29 is 9.90 Å². The van der Waals surface area contributed by atoms with Gasteiger partial charge in [0.2, 0.25) is 0 Å². The van der Waals surface area contributed by atoms with E-state index in [4.69, 9.17) is 5.11 Å². The van der Waals surface area contributed by atoms with Crippen LogP contribution < -0.4 is 11.1 Å². The van der Waals surface area contributed by atoms with Crippen molar-refractivity contribution in [2.24, 2.45) is 5.73 Å². The number of hydrogen-bond acceptors (Lipinski definition) is 3. The summed E-state index contributed by atoms with van der Waals surface area (Å²) in [5, 5.41) is 10.8. The highest BCUT2D eigenvalue weighted by molar-refractivity contribution is 5.68. The largest absolute Gasteiger partial charge is 0.480 e. The molecule has 0 aromatic rings. The summed E-state index contributed by atoms with van der Waals surface area (Å²) in [4.78, 5) is 9.24. The van der Waals surface area contributed by atoms with Crippen LogP contribution in [0.25, 0.3) is 0 Å². The number of carboxylic acid groups (broad SMARTS) is 1. The molecule has 0 aliphatic carbocycles. The van der Waals surface area contributed by atoms with Crippen LogP contribution in [0.5, 0.6) is 0 Å². The van der Waals surface area contributed by atoms with Crippen molar-refractivity contribution in [1.29, 1.82) is 0 Å². The molecule has 0 aromatic carbocycles. The van der Waals surface area contributed by atoms with Gasteiger partial charge in [-0.2, -0.15) is 0 Å². The molecule has 1 heterocycles. The van der Waals surface area contributed by atoms with Crippen molar-refractivity contribution >= 4 is 5.97 Å². The number of carbonyl (C=O) groups is 1. The third-order valence-electron chi connectivity index (χ3n) is 1.13. The van der Waals surface area contributed by atoms with Crippen LogP contribution in [0.15, 0.2) is 0 Å². The monoisotopic (exact) mass is 146 g/mol. The second-order valence-corrected chi connectivity index (χ2v) is 2.05. The van der Waals surface area contributed by atoms with Crippen molar-refractivity contribution in [2.75, 3.05) is 19.6 Å². The molecule has 1 aliphatic rings. The molecule has 1 saturated heterocycles. The Hall–Kier alpha value is -0.610. The molecule has 60 valence electrons. The summed E-state index contributed by atoms with van der Waals surface area (Å²) >= 11 is 0. The van der Waals surface area contributed by atoms with Crippen molar-refractivity contribution in [3.05, 3.63) is 0 Å². The third-order valence-corrected chi connectivity index (χ3v) is 1.13. The molecule has 0 saturated carbocycles. The van der Waals surface area contributed by atoms with Crippen LogP contribution in [0.3, 0.4) is 0 Å². The quantitative estimate of drug-likeness (QED) is 0.461. The lowest BCUT2D eigenvalue weighted by atomic mass is 10.4. The molecule has 1 aliphatic heterocycles. The van der Waals surface area contributed by atoms with Crippen molar-refractivity contribution in [3.63, 3.8) is 0 Å². The summed E-state index contributed by atoms with van der Waals surface area (Å²) < 4.78 is 0. The number of carboxylic acids is 1. The Morgan fingerprint density at radius 1 is 1.50 bits per heavy atom. The predicted molar refractivity (Wildman–Crippen MR) is 38.8 cm³/mol. The number of rotatable bonds is 1. The molecular formula is C6H14N2O2. The highest BCUT2D eigenvalue weighted by Crippen LogP contribution is 1.90. The first-order chi connectivity index (χ1) is 4.77. The van der Waals surface area contributed by atoms with Crippen LogP contribution in [0.1, 0.15) is 12.8 Å². The van der Waals surface area contributed by atoms with E-state index in [2.05, 4.69) is 11.1 Å². The molecule has 1 fully saturated rings. The zero-order valence-corrected chi connectivity index (χ0v) is 5.97. The van der Waals surface area contributed by atoms with Gasteiger partial charge in [0, 0.05) is 0 Å². The zero-order chi connectivity index (χ0) is 7.82. The summed E-state index contributed by atoms with van der Waals surface area (Å²) in [5.74, 6) is -0.968. The topological polar surface area (TPSA) is 75.3 Å². The second-order valence-electron chi connectivity index (χ2n) is 2.05. The van der Waals surface area contributed by atoms with Crippen molar-refractivity contribution in [1.82, 2.24) is 5.32 Å². The van der Waals surface area contributed by atoms with E-state index in [1.807, 2.05) is 0 Å². The first-order valence-corrected chi connectivity index (χ1v) is 3.40. The average Bonchev–Trinajstić information content (AvgIpc) is 2.43. The smallest absolute Gasteiger partial charge is 0.317 e. The lowest BCUT2D eigenvalue weighted by Crippen LogP contribution is -2.10. The Balaban J connectivity index is 0.000000162. The van der Waals surface area contributed by atoms with Crippen LogP contribution in [0, 0.1) is 0 Å². The molecule has 0 spiro atoms. The Labute approximate surface area is 60.4 Å². The first kappa shape index (κ1) is 9.39. The molecule has 0 unspecified atom stereocenters. The van der Waals surface area contributed by atoms with Gasteiger partial charge in [0.15, 0.2) is 0 Å². The molecule has 0 bridgehead atoms. The van der Waals surface area contributed by atoms with Gasteiger partial charge < -0.3 is 16.2 Å². The highest BCUT2D eigenvalue weighted by atomic mass is 16.4. The molecule has 1 rings (SSSR count). The Morgan fingerprint density at radius 3 is 2.00 bits per heavy atom. The summed E-state index contributed by atoms with van der Waals surface area (Å²) in [7, 11) is 0. The van der Waals surface area contributed by atoms with Crippen LogP contribution in [0.2, 0.25) is 0 Å². The Kier molecular flexibility index (Phi) is 6.11. The van der Waals surface area contributed by atoms with E-state index in [-0.39, 0.29) is 6.54 Å². The van der Waals surface area contributed by atoms with E-state index in [1.54, 1.807) is 0 Å². The van der Waals surface area contributed by atoms with Crippen LogP contribution in [-0.4, -0.2) is 30.7 Å². The molecule has 0 aromatic heterocycles. The van der Waals surface area contributed by atoms with Gasteiger partial charge in [-0.25, -0.2) is 0 Å². The SMILES string of the molecule is C1CCNC1.NCC(=O)O.